The van der Waals surface area contributed by atoms with Gasteiger partial charge in [-0.3, -0.25) is 25.2 Å². The molecular weight excluding hydrogens is 508 g/mol. The van der Waals surface area contributed by atoms with Gasteiger partial charge in [0.25, 0.3) is 11.8 Å². The molecule has 5 rings (SSSR count). The van der Waals surface area contributed by atoms with Gasteiger partial charge in [-0.2, -0.15) is 0 Å². The predicted octanol–water partition coefficient (Wildman–Crippen LogP) is 2.02. The normalized spacial score (nSPS) is 20.5. The molecule has 4 amide bonds. The number of fused-ring (bicyclic) bond motifs is 1. The highest BCUT2D eigenvalue weighted by molar-refractivity contribution is 6.10. The van der Waals surface area contributed by atoms with E-state index in [2.05, 4.69) is 39.2 Å². The molecule has 1 unspecified atom stereocenters. The van der Waals surface area contributed by atoms with Gasteiger partial charge in [-0.05, 0) is 42.8 Å². The first-order chi connectivity index (χ1) is 19.3. The van der Waals surface area contributed by atoms with E-state index in [1.807, 2.05) is 18.2 Å². The van der Waals surface area contributed by atoms with Gasteiger partial charge in [0.1, 0.15) is 11.6 Å². The van der Waals surface area contributed by atoms with Crippen molar-refractivity contribution in [3.63, 3.8) is 0 Å². The summed E-state index contributed by atoms with van der Waals surface area (Å²) in [5.41, 5.74) is 1.17. The summed E-state index contributed by atoms with van der Waals surface area (Å²) >= 11 is 0. The summed E-state index contributed by atoms with van der Waals surface area (Å²) < 4.78 is 5.24. The van der Waals surface area contributed by atoms with Crippen molar-refractivity contribution in [2.45, 2.75) is 31.8 Å². The third-order valence-corrected chi connectivity index (χ3v) is 7.66. The molecule has 0 aliphatic carbocycles. The molecule has 2 fully saturated rings. The molecule has 0 spiro atoms. The molecule has 0 bridgehead atoms. The number of methoxy groups -OCH3 is 1. The molecule has 3 N–H and O–H groups in total. The molecule has 3 heterocycles. The number of nitrogens with one attached hydrogen (secondary N) is 3. The van der Waals surface area contributed by atoms with Crippen LogP contribution in [0.2, 0.25) is 0 Å². The van der Waals surface area contributed by atoms with Crippen molar-refractivity contribution in [1.29, 1.82) is 5.41 Å². The van der Waals surface area contributed by atoms with Gasteiger partial charge in [0.05, 0.1) is 13.7 Å². The summed E-state index contributed by atoms with van der Waals surface area (Å²) in [4.78, 5) is 44.2. The number of carbonyl (C=O) groups excluding carboxylic acids is 3. The van der Waals surface area contributed by atoms with E-state index in [9.17, 15) is 14.4 Å². The van der Waals surface area contributed by atoms with E-state index in [0.717, 1.165) is 43.9 Å². The maximum absolute atomic E-state index is 13.1. The molecule has 3 aliphatic rings. The van der Waals surface area contributed by atoms with Crippen molar-refractivity contribution >= 4 is 23.7 Å². The summed E-state index contributed by atoms with van der Waals surface area (Å²) in [5, 5.41) is 13.6. The topological polar surface area (TPSA) is 118 Å². The Balaban J connectivity index is 1.28. The molecule has 208 valence electrons. The highest BCUT2D eigenvalue weighted by Crippen LogP contribution is 2.28. The van der Waals surface area contributed by atoms with Crippen LogP contribution in [0.5, 0.6) is 5.75 Å². The summed E-state index contributed by atoms with van der Waals surface area (Å²) in [6.07, 6.45) is 2.38. The number of nitrogens with zero attached hydrogens (tertiary/aromatic N) is 3. The molecule has 2 saturated heterocycles. The zero-order chi connectivity index (χ0) is 28.3. The van der Waals surface area contributed by atoms with Crippen LogP contribution in [0.1, 0.15) is 46.8 Å². The number of benzene rings is 2. The molecule has 10 heteroatoms. The first-order valence-corrected chi connectivity index (χ1v) is 13.6. The van der Waals surface area contributed by atoms with Crippen molar-refractivity contribution in [2.24, 2.45) is 0 Å². The fourth-order valence-corrected chi connectivity index (χ4v) is 5.26. The van der Waals surface area contributed by atoms with Crippen LogP contribution in [0, 0.1) is 17.3 Å². The number of hydrogen-bond donors (Lipinski definition) is 3. The second kappa shape index (κ2) is 11.4. The number of urea groups is 1. The molecule has 0 radical (unpaired) electrons. The number of hydrogen-bond acceptors (Lipinski definition) is 6. The number of amides is 4. The van der Waals surface area contributed by atoms with Crippen LogP contribution < -0.4 is 15.4 Å². The third-order valence-electron chi connectivity index (χ3n) is 7.66. The lowest BCUT2D eigenvalue weighted by molar-refractivity contribution is -0.122. The standard InChI is InChI=1S/C30H34N6O4/c1-3-4-13-34-14-16-35(17-15-34)26(31)22-7-5-21(6-8-22)11-12-30(28(38)32-29(39)33-30)20-36-19-23-9-10-24(40-2)18-25(23)27(36)37/h5-10,18,31H,3-4,13-17,19-20H2,1-2H3,(H2,32,33,38,39). The van der Waals surface area contributed by atoms with Crippen LogP contribution in [-0.2, 0) is 11.3 Å². The number of carbonyl (C=O) groups is 3. The van der Waals surface area contributed by atoms with E-state index in [4.69, 9.17) is 10.1 Å². The van der Waals surface area contributed by atoms with Crippen molar-refractivity contribution in [1.82, 2.24) is 25.3 Å². The maximum Gasteiger partial charge on any atom is 0.323 e. The highest BCUT2D eigenvalue weighted by Gasteiger charge is 2.48. The maximum atomic E-state index is 13.1. The third kappa shape index (κ3) is 5.51. The molecule has 3 aliphatic heterocycles. The first-order valence-electron chi connectivity index (χ1n) is 13.6. The van der Waals surface area contributed by atoms with E-state index < -0.39 is 17.5 Å². The largest absolute Gasteiger partial charge is 0.497 e. The predicted molar refractivity (Wildman–Crippen MR) is 150 cm³/mol. The molecule has 10 nitrogen and oxygen atoms in total. The first kappa shape index (κ1) is 27.2. The number of imide groups is 1. The van der Waals surface area contributed by atoms with E-state index >= 15 is 0 Å². The number of ether oxygens (including phenoxy) is 1. The Hall–Kier alpha value is -4.36. The molecule has 1 atom stereocenters. The molecule has 2 aromatic carbocycles. The Morgan fingerprint density at radius 2 is 1.82 bits per heavy atom. The fraction of sp³-hybridized carbons (Fsp3) is 0.400. The van der Waals surface area contributed by atoms with Gasteiger partial charge in [-0.25, -0.2) is 4.79 Å². The van der Waals surface area contributed by atoms with Crippen LogP contribution in [0.4, 0.5) is 4.79 Å². The van der Waals surface area contributed by atoms with E-state index in [1.54, 1.807) is 24.3 Å². The minimum Gasteiger partial charge on any atom is -0.497 e. The monoisotopic (exact) mass is 542 g/mol. The van der Waals surface area contributed by atoms with Crippen molar-refractivity contribution < 1.29 is 19.1 Å². The lowest BCUT2D eigenvalue weighted by Gasteiger charge is -2.36. The van der Waals surface area contributed by atoms with Gasteiger partial charge in [-0.15, -0.1) is 0 Å². The number of piperazine rings is 1. The average Bonchev–Trinajstić information content (AvgIpc) is 3.44. The molecule has 40 heavy (non-hydrogen) atoms. The minimum absolute atomic E-state index is 0.0969. The zero-order valence-corrected chi connectivity index (χ0v) is 22.9. The minimum atomic E-state index is -1.58. The summed E-state index contributed by atoms with van der Waals surface area (Å²) in [7, 11) is 1.53. The fourth-order valence-electron chi connectivity index (χ4n) is 5.26. The molecule has 2 aromatic rings. The van der Waals surface area contributed by atoms with Gasteiger partial charge < -0.3 is 19.9 Å². The van der Waals surface area contributed by atoms with Crippen molar-refractivity contribution in [3.8, 4) is 17.6 Å². The average molecular weight is 543 g/mol. The van der Waals surface area contributed by atoms with Crippen molar-refractivity contribution in [2.75, 3.05) is 46.4 Å². The number of amidine groups is 1. The molecular formula is C30H34N6O4. The highest BCUT2D eigenvalue weighted by atomic mass is 16.5. The summed E-state index contributed by atoms with van der Waals surface area (Å²) in [5.74, 6) is 6.15. The lowest BCUT2D eigenvalue weighted by Crippen LogP contribution is -2.54. The Morgan fingerprint density at radius 1 is 1.07 bits per heavy atom. The molecule has 0 saturated carbocycles. The van der Waals surface area contributed by atoms with Gasteiger partial charge in [0, 0.05) is 49.4 Å². The molecule has 0 aromatic heterocycles. The second-order valence-electron chi connectivity index (χ2n) is 10.4. The Kier molecular flexibility index (Phi) is 7.76. The quantitative estimate of drug-likeness (QED) is 0.213. The van der Waals surface area contributed by atoms with Crippen LogP contribution in [0.3, 0.4) is 0 Å². The van der Waals surface area contributed by atoms with Gasteiger partial charge in [0.15, 0.2) is 0 Å². The SMILES string of the molecule is CCCCN1CCN(C(=N)c2ccc(C#CC3(CN4Cc5ccc(OC)cc5C4=O)NC(=O)NC3=O)cc2)CC1. The van der Waals surface area contributed by atoms with Crippen LogP contribution in [-0.4, -0.2) is 90.3 Å². The lowest BCUT2D eigenvalue weighted by atomic mass is 9.99. The van der Waals surface area contributed by atoms with Crippen LogP contribution in [0.15, 0.2) is 42.5 Å². The van der Waals surface area contributed by atoms with E-state index in [-0.39, 0.29) is 12.5 Å². The smallest absolute Gasteiger partial charge is 0.323 e. The summed E-state index contributed by atoms with van der Waals surface area (Å²) in [6, 6.07) is 11.9. The zero-order valence-electron chi connectivity index (χ0n) is 22.9. The van der Waals surface area contributed by atoms with Crippen LogP contribution >= 0.6 is 0 Å². The number of rotatable bonds is 7. The summed E-state index contributed by atoms with van der Waals surface area (Å²) in [6.45, 7) is 7.08. The van der Waals surface area contributed by atoms with E-state index in [0.29, 0.717) is 29.3 Å². The van der Waals surface area contributed by atoms with Gasteiger partial charge >= 0.3 is 6.03 Å². The Morgan fingerprint density at radius 3 is 2.48 bits per heavy atom. The van der Waals surface area contributed by atoms with Gasteiger partial charge in [-0.1, -0.05) is 43.4 Å². The van der Waals surface area contributed by atoms with E-state index in [1.165, 1.54) is 24.9 Å². The Labute approximate surface area is 234 Å². The number of unbranched alkanes of at least 4 members (excludes halogenated alkanes) is 1. The van der Waals surface area contributed by atoms with Gasteiger partial charge in [0.2, 0.25) is 5.54 Å². The van der Waals surface area contributed by atoms with Crippen molar-refractivity contribution in [3.05, 3.63) is 64.7 Å². The second-order valence-corrected chi connectivity index (χ2v) is 10.4. The Bertz CT molecular complexity index is 1390. The van der Waals surface area contributed by atoms with Crippen LogP contribution in [0.25, 0.3) is 0 Å².